The topological polar surface area (TPSA) is 62.3 Å². The number of esters is 2. The summed E-state index contributed by atoms with van der Waals surface area (Å²) in [5.74, 6) is -1.54. The lowest BCUT2D eigenvalue weighted by Crippen LogP contribution is -2.37. The summed E-state index contributed by atoms with van der Waals surface area (Å²) in [5.41, 5.74) is 3.44. The SMILES string of the molecule is COC(=O)C1=C(CCN2CCCC2)N(C)C(CCN2CCCC2)=C(C(=O)OC)C1c1ccccc1Cl. The lowest BCUT2D eigenvalue weighted by Gasteiger charge is -2.39. The number of likely N-dealkylation sites (tertiary alicyclic amines) is 2. The third-order valence-corrected chi connectivity index (χ3v) is 8.11. The number of carbonyl (C=O) groups excluding carboxylic acids is 2. The zero-order valence-electron chi connectivity index (χ0n) is 21.7. The number of hydrogen-bond acceptors (Lipinski definition) is 7. The van der Waals surface area contributed by atoms with Crippen molar-refractivity contribution < 1.29 is 19.1 Å². The highest BCUT2D eigenvalue weighted by atomic mass is 35.5. The van der Waals surface area contributed by atoms with E-state index in [0.29, 0.717) is 34.6 Å². The Bertz CT molecular complexity index is 967. The second-order valence-electron chi connectivity index (χ2n) is 9.81. The predicted octanol–water partition coefficient (Wildman–Crippen LogP) is 4.20. The molecule has 2 fully saturated rings. The van der Waals surface area contributed by atoms with Gasteiger partial charge in [-0.3, -0.25) is 0 Å². The number of halogens is 1. The molecule has 1 aromatic rings. The fourth-order valence-corrected chi connectivity index (χ4v) is 6.10. The highest BCUT2D eigenvalue weighted by molar-refractivity contribution is 6.31. The Labute approximate surface area is 219 Å². The number of methoxy groups -OCH3 is 2. The van der Waals surface area contributed by atoms with Gasteiger partial charge in [-0.2, -0.15) is 0 Å². The molecular formula is C28H38ClN3O4. The van der Waals surface area contributed by atoms with Crippen molar-refractivity contribution in [1.29, 1.82) is 0 Å². The first-order chi connectivity index (χ1) is 17.5. The minimum atomic E-state index is -0.656. The zero-order valence-corrected chi connectivity index (χ0v) is 22.5. The Morgan fingerprint density at radius 2 is 1.28 bits per heavy atom. The summed E-state index contributed by atoms with van der Waals surface area (Å²) in [6.07, 6.45) is 6.18. The van der Waals surface area contributed by atoms with Crippen LogP contribution in [0.3, 0.4) is 0 Å². The van der Waals surface area contributed by atoms with Crippen LogP contribution in [0.4, 0.5) is 0 Å². The fourth-order valence-electron chi connectivity index (χ4n) is 5.86. The standard InChI is InChI=1S/C28H38ClN3O4/c1-30-22(12-18-31-14-6-7-15-31)25(27(33)35-2)24(20-10-4-5-11-21(20)29)26(28(34)36-3)23(30)13-19-32-16-8-9-17-32/h4-5,10-11,24H,6-9,12-19H2,1-3H3. The summed E-state index contributed by atoms with van der Waals surface area (Å²) < 4.78 is 10.6. The second kappa shape index (κ2) is 12.3. The molecule has 0 saturated carbocycles. The van der Waals surface area contributed by atoms with Gasteiger partial charge in [0.2, 0.25) is 0 Å². The minimum absolute atomic E-state index is 0.441. The molecule has 196 valence electrons. The summed E-state index contributed by atoms with van der Waals surface area (Å²) in [4.78, 5) is 33.7. The van der Waals surface area contributed by atoms with Gasteiger partial charge < -0.3 is 24.2 Å². The first-order valence-corrected chi connectivity index (χ1v) is 13.4. The normalized spacial score (nSPS) is 19.9. The Hall–Kier alpha value is -2.35. The molecule has 4 rings (SSSR count). The van der Waals surface area contributed by atoms with Crippen LogP contribution in [0, 0.1) is 0 Å². The smallest absolute Gasteiger partial charge is 0.336 e. The van der Waals surface area contributed by atoms with E-state index in [2.05, 4.69) is 14.7 Å². The van der Waals surface area contributed by atoms with Crippen molar-refractivity contribution in [2.24, 2.45) is 0 Å². The lowest BCUT2D eigenvalue weighted by molar-refractivity contribution is -0.137. The van der Waals surface area contributed by atoms with Crippen molar-refractivity contribution in [3.8, 4) is 0 Å². The molecule has 3 heterocycles. The molecule has 3 aliphatic rings. The van der Waals surface area contributed by atoms with Gasteiger partial charge in [0.05, 0.1) is 31.3 Å². The van der Waals surface area contributed by atoms with Crippen molar-refractivity contribution in [2.45, 2.75) is 44.4 Å². The Kier molecular flexibility index (Phi) is 9.09. The monoisotopic (exact) mass is 515 g/mol. The number of ether oxygens (including phenoxy) is 2. The van der Waals surface area contributed by atoms with E-state index in [4.69, 9.17) is 21.1 Å². The lowest BCUT2D eigenvalue weighted by atomic mass is 9.78. The Balaban J connectivity index is 1.84. The molecule has 2 saturated heterocycles. The third kappa shape index (κ3) is 5.63. The van der Waals surface area contributed by atoms with Crippen molar-refractivity contribution in [2.75, 3.05) is 60.5 Å². The van der Waals surface area contributed by atoms with Gasteiger partial charge in [0.15, 0.2) is 0 Å². The van der Waals surface area contributed by atoms with E-state index in [1.165, 1.54) is 39.9 Å². The molecule has 1 aromatic carbocycles. The third-order valence-electron chi connectivity index (χ3n) is 7.76. The molecular weight excluding hydrogens is 478 g/mol. The summed E-state index contributed by atoms with van der Waals surface area (Å²) in [5, 5.41) is 0.507. The van der Waals surface area contributed by atoms with E-state index in [1.54, 1.807) is 6.07 Å². The largest absolute Gasteiger partial charge is 0.466 e. The quantitative estimate of drug-likeness (QED) is 0.457. The molecule has 0 atom stereocenters. The first-order valence-electron chi connectivity index (χ1n) is 13.0. The molecule has 8 heteroatoms. The predicted molar refractivity (Wildman–Crippen MR) is 141 cm³/mol. The highest BCUT2D eigenvalue weighted by Gasteiger charge is 2.42. The van der Waals surface area contributed by atoms with Crippen LogP contribution in [0.1, 0.15) is 50.0 Å². The van der Waals surface area contributed by atoms with Crippen LogP contribution in [-0.2, 0) is 19.1 Å². The van der Waals surface area contributed by atoms with E-state index in [1.807, 2.05) is 25.2 Å². The van der Waals surface area contributed by atoms with Gasteiger partial charge in [0.25, 0.3) is 0 Å². The Morgan fingerprint density at radius 3 is 1.69 bits per heavy atom. The van der Waals surface area contributed by atoms with Crippen LogP contribution in [0.2, 0.25) is 5.02 Å². The second-order valence-corrected chi connectivity index (χ2v) is 10.2. The van der Waals surface area contributed by atoms with Gasteiger partial charge >= 0.3 is 11.9 Å². The number of hydrogen-bond donors (Lipinski definition) is 0. The molecule has 0 radical (unpaired) electrons. The van der Waals surface area contributed by atoms with E-state index >= 15 is 0 Å². The van der Waals surface area contributed by atoms with Crippen LogP contribution < -0.4 is 0 Å². The molecule has 0 amide bonds. The average molecular weight is 516 g/mol. The molecule has 0 aromatic heterocycles. The molecule has 3 aliphatic heterocycles. The van der Waals surface area contributed by atoms with E-state index < -0.39 is 17.9 Å². The summed E-state index contributed by atoms with van der Waals surface area (Å²) >= 11 is 6.70. The summed E-state index contributed by atoms with van der Waals surface area (Å²) in [6.45, 7) is 5.99. The van der Waals surface area contributed by atoms with Crippen molar-refractivity contribution in [3.05, 3.63) is 57.4 Å². The molecule has 36 heavy (non-hydrogen) atoms. The number of benzene rings is 1. The van der Waals surface area contributed by atoms with E-state index in [-0.39, 0.29) is 0 Å². The fraction of sp³-hybridized carbons (Fsp3) is 0.571. The molecule has 0 bridgehead atoms. The van der Waals surface area contributed by atoms with Crippen LogP contribution in [0.5, 0.6) is 0 Å². The van der Waals surface area contributed by atoms with Crippen LogP contribution in [0.15, 0.2) is 46.8 Å². The first kappa shape index (κ1) is 26.7. The van der Waals surface area contributed by atoms with Crippen molar-refractivity contribution in [3.63, 3.8) is 0 Å². The molecule has 7 nitrogen and oxygen atoms in total. The van der Waals surface area contributed by atoms with Gasteiger partial charge in [0.1, 0.15) is 0 Å². The van der Waals surface area contributed by atoms with Gasteiger partial charge in [0, 0.05) is 49.4 Å². The van der Waals surface area contributed by atoms with Gasteiger partial charge in [-0.15, -0.1) is 0 Å². The molecule has 0 N–H and O–H groups in total. The number of nitrogens with zero attached hydrogens (tertiary/aromatic N) is 3. The average Bonchev–Trinajstić information content (AvgIpc) is 3.61. The molecule has 0 unspecified atom stereocenters. The molecule has 0 aliphatic carbocycles. The summed E-state index contributed by atoms with van der Waals surface area (Å²) in [6, 6.07) is 7.43. The summed E-state index contributed by atoms with van der Waals surface area (Å²) in [7, 11) is 4.75. The van der Waals surface area contributed by atoms with Crippen LogP contribution in [-0.4, -0.2) is 87.2 Å². The van der Waals surface area contributed by atoms with Crippen molar-refractivity contribution in [1.82, 2.24) is 14.7 Å². The van der Waals surface area contributed by atoms with Gasteiger partial charge in [-0.25, -0.2) is 9.59 Å². The maximum Gasteiger partial charge on any atom is 0.336 e. The molecule has 0 spiro atoms. The minimum Gasteiger partial charge on any atom is -0.466 e. The van der Waals surface area contributed by atoms with Crippen LogP contribution >= 0.6 is 11.6 Å². The van der Waals surface area contributed by atoms with Gasteiger partial charge in [-0.05, 0) is 63.5 Å². The zero-order chi connectivity index (χ0) is 25.7. The maximum absolute atomic E-state index is 13.4. The van der Waals surface area contributed by atoms with Crippen LogP contribution in [0.25, 0.3) is 0 Å². The Morgan fingerprint density at radius 1 is 0.833 bits per heavy atom. The van der Waals surface area contributed by atoms with Gasteiger partial charge in [-0.1, -0.05) is 29.8 Å². The number of carbonyl (C=O) groups is 2. The highest BCUT2D eigenvalue weighted by Crippen LogP contribution is 2.46. The maximum atomic E-state index is 13.4. The van der Waals surface area contributed by atoms with E-state index in [9.17, 15) is 9.59 Å². The number of rotatable bonds is 9. The van der Waals surface area contributed by atoms with E-state index in [0.717, 1.165) is 50.7 Å². The van der Waals surface area contributed by atoms with Crippen molar-refractivity contribution >= 4 is 23.5 Å².